The first kappa shape index (κ1) is 12.8. The van der Waals surface area contributed by atoms with Crippen molar-refractivity contribution in [1.82, 2.24) is 4.90 Å². The van der Waals surface area contributed by atoms with Gasteiger partial charge < -0.3 is 0 Å². The lowest BCUT2D eigenvalue weighted by Crippen LogP contribution is -2.51. The molecule has 90 valence electrons. The lowest BCUT2D eigenvalue weighted by molar-refractivity contribution is -0.193. The molecule has 0 radical (unpaired) electrons. The molecule has 0 N–H and O–H groups in total. The molecular weight excluding hydrogens is 203 g/mol. The van der Waals surface area contributed by atoms with Gasteiger partial charge in [0.15, 0.2) is 0 Å². The molecule has 1 fully saturated rings. The second-order valence-electron chi connectivity index (χ2n) is 5.64. The van der Waals surface area contributed by atoms with E-state index in [1.807, 2.05) is 0 Å². The SMILES string of the molecule is CN1CC(C(C)(C)C)CCC1C(F)(F)F. The van der Waals surface area contributed by atoms with Crippen LogP contribution in [0.5, 0.6) is 0 Å². The maximum absolute atomic E-state index is 12.6. The van der Waals surface area contributed by atoms with Gasteiger partial charge in [0.1, 0.15) is 6.04 Å². The second kappa shape index (κ2) is 3.96. The molecule has 0 aromatic heterocycles. The smallest absolute Gasteiger partial charge is 0.295 e. The van der Waals surface area contributed by atoms with Crippen LogP contribution in [0.2, 0.25) is 0 Å². The maximum Gasteiger partial charge on any atom is 0.404 e. The summed E-state index contributed by atoms with van der Waals surface area (Å²) in [6.07, 6.45) is -3.16. The molecule has 0 bridgehead atoms. The third-order valence-corrected chi connectivity index (χ3v) is 3.43. The van der Waals surface area contributed by atoms with Gasteiger partial charge in [0.05, 0.1) is 0 Å². The van der Waals surface area contributed by atoms with Crippen LogP contribution in [-0.2, 0) is 0 Å². The van der Waals surface area contributed by atoms with E-state index in [-0.39, 0.29) is 11.8 Å². The van der Waals surface area contributed by atoms with Crippen molar-refractivity contribution >= 4 is 0 Å². The third kappa shape index (κ3) is 3.10. The molecule has 0 spiro atoms. The Morgan fingerprint density at radius 1 is 1.07 bits per heavy atom. The van der Waals surface area contributed by atoms with Gasteiger partial charge in [-0.2, -0.15) is 13.2 Å². The molecular formula is C11H20F3N. The molecule has 0 saturated carbocycles. The van der Waals surface area contributed by atoms with Crippen LogP contribution in [0.25, 0.3) is 0 Å². The molecule has 0 aromatic carbocycles. The number of hydrogen-bond acceptors (Lipinski definition) is 1. The fourth-order valence-electron chi connectivity index (χ4n) is 2.27. The molecule has 1 nitrogen and oxygen atoms in total. The van der Waals surface area contributed by atoms with Crippen molar-refractivity contribution in [2.45, 2.75) is 45.8 Å². The van der Waals surface area contributed by atoms with Gasteiger partial charge in [0.25, 0.3) is 0 Å². The maximum atomic E-state index is 12.6. The quantitative estimate of drug-likeness (QED) is 0.609. The van der Waals surface area contributed by atoms with Crippen molar-refractivity contribution in [3.05, 3.63) is 0 Å². The Kier molecular flexibility index (Phi) is 3.39. The minimum Gasteiger partial charge on any atom is -0.295 e. The highest BCUT2D eigenvalue weighted by atomic mass is 19.4. The number of piperidine rings is 1. The van der Waals surface area contributed by atoms with Crippen molar-refractivity contribution in [2.75, 3.05) is 13.6 Å². The van der Waals surface area contributed by atoms with Crippen molar-refractivity contribution in [2.24, 2.45) is 11.3 Å². The third-order valence-electron chi connectivity index (χ3n) is 3.43. The highest BCUT2D eigenvalue weighted by Crippen LogP contribution is 2.39. The Labute approximate surface area is 89.6 Å². The van der Waals surface area contributed by atoms with Gasteiger partial charge in [-0.25, -0.2) is 0 Å². The van der Waals surface area contributed by atoms with Crippen molar-refractivity contribution in [3.8, 4) is 0 Å². The predicted octanol–water partition coefficient (Wildman–Crippen LogP) is 3.31. The fraction of sp³-hybridized carbons (Fsp3) is 1.00. The van der Waals surface area contributed by atoms with E-state index in [1.54, 1.807) is 7.05 Å². The molecule has 0 aliphatic carbocycles. The number of hydrogen-bond donors (Lipinski definition) is 0. The molecule has 1 aliphatic rings. The minimum atomic E-state index is -4.07. The number of nitrogens with zero attached hydrogens (tertiary/aromatic N) is 1. The molecule has 1 aliphatic heterocycles. The monoisotopic (exact) mass is 223 g/mol. The average molecular weight is 223 g/mol. The minimum absolute atomic E-state index is 0.102. The van der Waals surface area contributed by atoms with Crippen molar-refractivity contribution in [3.63, 3.8) is 0 Å². The predicted molar refractivity (Wildman–Crippen MR) is 54.7 cm³/mol. The fourth-order valence-corrected chi connectivity index (χ4v) is 2.27. The van der Waals surface area contributed by atoms with E-state index in [0.29, 0.717) is 18.9 Å². The van der Waals surface area contributed by atoms with E-state index < -0.39 is 12.2 Å². The zero-order valence-electron chi connectivity index (χ0n) is 9.86. The topological polar surface area (TPSA) is 3.24 Å². The summed E-state index contributed by atoms with van der Waals surface area (Å²) in [6, 6.07) is -1.24. The lowest BCUT2D eigenvalue weighted by atomic mass is 9.75. The molecule has 4 heteroatoms. The molecule has 2 unspecified atom stereocenters. The van der Waals surface area contributed by atoms with Crippen LogP contribution in [0, 0.1) is 11.3 Å². The molecule has 0 aromatic rings. The first-order valence-electron chi connectivity index (χ1n) is 5.39. The Bertz CT molecular complexity index is 217. The Morgan fingerprint density at radius 2 is 1.60 bits per heavy atom. The standard InChI is InChI=1S/C11H20F3N/c1-10(2,3)8-5-6-9(11(12,13)14)15(4)7-8/h8-9H,5-7H2,1-4H3. The van der Waals surface area contributed by atoms with Gasteiger partial charge in [0.2, 0.25) is 0 Å². The van der Waals surface area contributed by atoms with Crippen LogP contribution in [0.15, 0.2) is 0 Å². The van der Waals surface area contributed by atoms with Crippen LogP contribution in [0.1, 0.15) is 33.6 Å². The van der Waals surface area contributed by atoms with Gasteiger partial charge in [-0.05, 0) is 31.2 Å². The summed E-state index contributed by atoms with van der Waals surface area (Å²) in [5.74, 6) is 0.362. The largest absolute Gasteiger partial charge is 0.404 e. The summed E-state index contributed by atoms with van der Waals surface area (Å²) in [5.41, 5.74) is 0.102. The first-order chi connectivity index (χ1) is 6.62. The van der Waals surface area contributed by atoms with Crippen LogP contribution in [0.4, 0.5) is 13.2 Å². The van der Waals surface area contributed by atoms with Gasteiger partial charge in [0, 0.05) is 6.54 Å². The summed E-state index contributed by atoms with van der Waals surface area (Å²) >= 11 is 0. The summed E-state index contributed by atoms with van der Waals surface area (Å²) in [7, 11) is 1.58. The Balaban J connectivity index is 2.64. The molecule has 1 heterocycles. The van der Waals surface area contributed by atoms with Crippen LogP contribution in [0.3, 0.4) is 0 Å². The molecule has 1 saturated heterocycles. The highest BCUT2D eigenvalue weighted by molar-refractivity contribution is 4.88. The van der Waals surface area contributed by atoms with E-state index in [2.05, 4.69) is 20.8 Å². The van der Waals surface area contributed by atoms with E-state index in [0.717, 1.165) is 0 Å². The van der Waals surface area contributed by atoms with E-state index >= 15 is 0 Å². The Hall–Kier alpha value is -0.250. The number of halogens is 3. The van der Waals surface area contributed by atoms with E-state index in [4.69, 9.17) is 0 Å². The van der Waals surface area contributed by atoms with Crippen molar-refractivity contribution < 1.29 is 13.2 Å². The van der Waals surface area contributed by atoms with Gasteiger partial charge in [-0.1, -0.05) is 20.8 Å². The lowest BCUT2D eigenvalue weighted by Gasteiger charge is -2.43. The highest BCUT2D eigenvalue weighted by Gasteiger charge is 2.46. The van der Waals surface area contributed by atoms with Crippen LogP contribution >= 0.6 is 0 Å². The summed E-state index contributed by atoms with van der Waals surface area (Å²) in [4.78, 5) is 1.46. The van der Waals surface area contributed by atoms with Crippen molar-refractivity contribution in [1.29, 1.82) is 0 Å². The summed E-state index contributed by atoms with van der Waals surface area (Å²) in [5, 5.41) is 0. The van der Waals surface area contributed by atoms with E-state index in [9.17, 15) is 13.2 Å². The van der Waals surface area contributed by atoms with Gasteiger partial charge in [-0.15, -0.1) is 0 Å². The molecule has 1 rings (SSSR count). The molecule has 15 heavy (non-hydrogen) atoms. The molecule has 0 amide bonds. The normalized spacial score (nSPS) is 30.6. The zero-order chi connectivity index (χ0) is 11.9. The van der Waals surface area contributed by atoms with Crippen LogP contribution < -0.4 is 0 Å². The average Bonchev–Trinajstić information content (AvgIpc) is 1.99. The van der Waals surface area contributed by atoms with Gasteiger partial charge in [-0.3, -0.25) is 4.90 Å². The van der Waals surface area contributed by atoms with Crippen LogP contribution in [-0.4, -0.2) is 30.7 Å². The number of rotatable bonds is 0. The van der Waals surface area contributed by atoms with Gasteiger partial charge >= 0.3 is 6.18 Å². The second-order valence-corrected chi connectivity index (χ2v) is 5.64. The summed E-state index contributed by atoms with van der Waals surface area (Å²) < 4.78 is 37.7. The summed E-state index contributed by atoms with van der Waals surface area (Å²) in [6.45, 7) is 6.84. The first-order valence-corrected chi connectivity index (χ1v) is 5.39. The molecule has 2 atom stereocenters. The van der Waals surface area contributed by atoms with E-state index in [1.165, 1.54) is 4.90 Å². The number of alkyl halides is 3. The zero-order valence-corrected chi connectivity index (χ0v) is 9.86. The Morgan fingerprint density at radius 3 is 1.93 bits per heavy atom. The number of likely N-dealkylation sites (tertiary alicyclic amines) is 1.